The molecule has 2 aromatic carbocycles. The number of rotatable bonds is 7. The number of ether oxygens (including phenoxy) is 1. The number of likely N-dealkylation sites (tertiary alicyclic amines) is 1. The molecule has 1 heterocycles. The van der Waals surface area contributed by atoms with E-state index in [1.54, 1.807) is 0 Å². The summed E-state index contributed by atoms with van der Waals surface area (Å²) in [6, 6.07) is 12.7. The second kappa shape index (κ2) is 8.68. The molecule has 1 unspecified atom stereocenters. The average molecular weight is 420 g/mol. The Morgan fingerprint density at radius 3 is 2.20 bits per heavy atom. The molecule has 2 aromatic rings. The van der Waals surface area contributed by atoms with Gasteiger partial charge < -0.3 is 10.1 Å². The molecular formula is C23H27F3N2O2. The van der Waals surface area contributed by atoms with Crippen LogP contribution in [-0.4, -0.2) is 29.0 Å². The van der Waals surface area contributed by atoms with E-state index in [1.165, 1.54) is 12.1 Å². The number of amides is 1. The Balaban J connectivity index is 1.55. The minimum absolute atomic E-state index is 0.114. The quantitative estimate of drug-likeness (QED) is 0.701. The van der Waals surface area contributed by atoms with Gasteiger partial charge in [-0.3, -0.25) is 9.69 Å². The monoisotopic (exact) mass is 420 g/mol. The highest BCUT2D eigenvalue weighted by atomic mass is 19.4. The van der Waals surface area contributed by atoms with Crippen LogP contribution in [0.1, 0.15) is 43.9 Å². The highest BCUT2D eigenvalue weighted by Crippen LogP contribution is 2.33. The van der Waals surface area contributed by atoms with Crippen LogP contribution in [0.2, 0.25) is 0 Å². The molecular weight excluding hydrogens is 393 g/mol. The van der Waals surface area contributed by atoms with Gasteiger partial charge in [-0.15, -0.1) is 0 Å². The van der Waals surface area contributed by atoms with Crippen molar-refractivity contribution >= 4 is 5.91 Å². The maximum Gasteiger partial charge on any atom is 0.416 e. The van der Waals surface area contributed by atoms with Crippen LogP contribution >= 0.6 is 0 Å². The number of nitrogens with zero attached hydrogens (tertiary/aromatic N) is 1. The van der Waals surface area contributed by atoms with Crippen molar-refractivity contribution < 1.29 is 22.7 Å². The number of hydrogen-bond acceptors (Lipinski definition) is 3. The van der Waals surface area contributed by atoms with Crippen molar-refractivity contribution in [3.8, 4) is 5.75 Å². The molecule has 0 aromatic heterocycles. The molecule has 0 spiro atoms. The van der Waals surface area contributed by atoms with E-state index in [1.807, 2.05) is 45.0 Å². The fourth-order valence-corrected chi connectivity index (χ4v) is 3.47. The Bertz CT molecular complexity index is 864. The number of benzene rings is 2. The fraction of sp³-hybridized carbons (Fsp3) is 0.435. The Kier molecular flexibility index (Phi) is 6.41. The highest BCUT2D eigenvalue weighted by molar-refractivity contribution is 5.86. The number of carbonyl (C=O) groups excluding carboxylic acids is 1. The zero-order valence-electron chi connectivity index (χ0n) is 17.4. The van der Waals surface area contributed by atoms with Crippen molar-refractivity contribution in [1.82, 2.24) is 10.2 Å². The van der Waals surface area contributed by atoms with Gasteiger partial charge in [0.15, 0.2) is 0 Å². The van der Waals surface area contributed by atoms with Gasteiger partial charge in [0.1, 0.15) is 5.75 Å². The fourth-order valence-electron chi connectivity index (χ4n) is 3.47. The van der Waals surface area contributed by atoms with Gasteiger partial charge in [0.05, 0.1) is 17.2 Å². The van der Waals surface area contributed by atoms with Gasteiger partial charge >= 0.3 is 6.18 Å². The average Bonchev–Trinajstić information content (AvgIpc) is 2.69. The van der Waals surface area contributed by atoms with Crippen molar-refractivity contribution in [2.75, 3.05) is 6.54 Å². The molecule has 1 saturated heterocycles. The van der Waals surface area contributed by atoms with E-state index in [9.17, 15) is 18.0 Å². The molecule has 1 atom stereocenters. The van der Waals surface area contributed by atoms with E-state index in [0.29, 0.717) is 12.1 Å². The topological polar surface area (TPSA) is 41.6 Å². The molecule has 3 rings (SSSR count). The van der Waals surface area contributed by atoms with Crippen molar-refractivity contribution in [3.05, 3.63) is 65.2 Å². The second-order valence-electron chi connectivity index (χ2n) is 8.13. The van der Waals surface area contributed by atoms with Crippen LogP contribution in [0, 0.1) is 0 Å². The summed E-state index contributed by atoms with van der Waals surface area (Å²) in [6.45, 7) is 7.50. The second-order valence-corrected chi connectivity index (χ2v) is 8.13. The zero-order chi connectivity index (χ0) is 21.9. The first kappa shape index (κ1) is 22.2. The first-order valence-electron chi connectivity index (χ1n) is 10.0. The summed E-state index contributed by atoms with van der Waals surface area (Å²) in [5.74, 6) is 0.697. The zero-order valence-corrected chi connectivity index (χ0v) is 17.4. The maximum absolute atomic E-state index is 12.8. The van der Waals surface area contributed by atoms with Gasteiger partial charge in [-0.1, -0.05) is 24.3 Å². The van der Waals surface area contributed by atoms with Gasteiger partial charge in [0.2, 0.25) is 5.91 Å². The summed E-state index contributed by atoms with van der Waals surface area (Å²) in [6.07, 6.45) is -3.51. The summed E-state index contributed by atoms with van der Waals surface area (Å²) in [7, 11) is 0. The third-order valence-electron chi connectivity index (χ3n) is 5.46. The molecule has 1 aliphatic heterocycles. The van der Waals surface area contributed by atoms with Crippen LogP contribution in [0.5, 0.6) is 5.75 Å². The van der Waals surface area contributed by atoms with Gasteiger partial charge in [0, 0.05) is 19.6 Å². The van der Waals surface area contributed by atoms with E-state index in [4.69, 9.17) is 4.74 Å². The number of halogens is 3. The Morgan fingerprint density at radius 2 is 1.70 bits per heavy atom. The lowest BCUT2D eigenvalue weighted by atomic mass is 9.85. The number of nitrogens with one attached hydrogen (secondary N) is 1. The molecule has 0 saturated carbocycles. The van der Waals surface area contributed by atoms with Crippen LogP contribution in [0.3, 0.4) is 0 Å². The van der Waals surface area contributed by atoms with Crippen molar-refractivity contribution in [2.24, 2.45) is 0 Å². The summed E-state index contributed by atoms with van der Waals surface area (Å²) in [4.78, 5) is 14.9. The molecule has 4 nitrogen and oxygen atoms in total. The van der Waals surface area contributed by atoms with Crippen LogP contribution in [0.15, 0.2) is 48.5 Å². The lowest BCUT2D eigenvalue weighted by Gasteiger charge is -2.49. The molecule has 1 fully saturated rings. The summed E-state index contributed by atoms with van der Waals surface area (Å²) >= 11 is 0. The SMILES string of the molecule is CC(C)Oc1ccc(CN2CCC2(C)C(=O)NCc2ccc(C(F)(F)F)cc2)cc1. The van der Waals surface area contributed by atoms with Crippen molar-refractivity contribution in [2.45, 2.75) is 58.1 Å². The van der Waals surface area contributed by atoms with Crippen molar-refractivity contribution in [1.29, 1.82) is 0 Å². The lowest BCUT2D eigenvalue weighted by molar-refractivity contribution is -0.142. The minimum atomic E-state index is -4.36. The summed E-state index contributed by atoms with van der Waals surface area (Å²) in [5, 5.41) is 2.86. The third kappa shape index (κ3) is 5.14. The molecule has 1 amide bonds. The maximum atomic E-state index is 12.8. The van der Waals surface area contributed by atoms with E-state index >= 15 is 0 Å². The predicted molar refractivity (Wildman–Crippen MR) is 109 cm³/mol. The van der Waals surface area contributed by atoms with E-state index in [-0.39, 0.29) is 18.6 Å². The molecule has 30 heavy (non-hydrogen) atoms. The molecule has 0 bridgehead atoms. The molecule has 1 N–H and O–H groups in total. The molecule has 162 valence electrons. The summed E-state index contributed by atoms with van der Waals surface area (Å²) < 4.78 is 43.6. The lowest BCUT2D eigenvalue weighted by Crippen LogP contribution is -2.65. The van der Waals surface area contributed by atoms with E-state index in [2.05, 4.69) is 10.2 Å². The molecule has 0 radical (unpaired) electrons. The van der Waals surface area contributed by atoms with Gasteiger partial charge in [-0.2, -0.15) is 13.2 Å². The van der Waals surface area contributed by atoms with E-state index in [0.717, 1.165) is 36.4 Å². The first-order valence-corrected chi connectivity index (χ1v) is 10.0. The summed E-state index contributed by atoms with van der Waals surface area (Å²) in [5.41, 5.74) is 0.401. The Labute approximate surface area is 175 Å². The van der Waals surface area contributed by atoms with E-state index < -0.39 is 17.3 Å². The van der Waals surface area contributed by atoms with Crippen LogP contribution in [-0.2, 0) is 24.1 Å². The Morgan fingerprint density at radius 1 is 1.10 bits per heavy atom. The molecule has 1 aliphatic rings. The Hall–Kier alpha value is -2.54. The van der Waals surface area contributed by atoms with Crippen LogP contribution < -0.4 is 10.1 Å². The van der Waals surface area contributed by atoms with Crippen molar-refractivity contribution in [3.63, 3.8) is 0 Å². The van der Waals surface area contributed by atoms with Crippen LogP contribution in [0.4, 0.5) is 13.2 Å². The number of alkyl halides is 3. The predicted octanol–water partition coefficient (Wildman–Crippen LogP) is 4.77. The normalized spacial score (nSPS) is 19.4. The smallest absolute Gasteiger partial charge is 0.416 e. The largest absolute Gasteiger partial charge is 0.491 e. The van der Waals surface area contributed by atoms with Gasteiger partial charge in [-0.25, -0.2) is 0 Å². The van der Waals surface area contributed by atoms with Gasteiger partial charge in [-0.05, 0) is 62.6 Å². The minimum Gasteiger partial charge on any atom is -0.491 e. The first-order chi connectivity index (χ1) is 14.1. The van der Waals surface area contributed by atoms with Crippen LogP contribution in [0.25, 0.3) is 0 Å². The number of hydrogen-bond donors (Lipinski definition) is 1. The standard InChI is InChI=1S/C23H27F3N2O2/c1-16(2)30-20-10-6-18(7-11-20)15-28-13-12-22(28,3)21(29)27-14-17-4-8-19(9-5-17)23(24,25)26/h4-11,16H,12-15H2,1-3H3,(H,27,29). The van der Waals surface area contributed by atoms with Gasteiger partial charge in [0.25, 0.3) is 0 Å². The molecule has 7 heteroatoms. The highest BCUT2D eigenvalue weighted by Gasteiger charge is 2.46. The molecule has 0 aliphatic carbocycles. The third-order valence-corrected chi connectivity index (χ3v) is 5.46. The number of carbonyl (C=O) groups is 1.